The molecule has 3 unspecified atom stereocenters. The number of nitrogens with zero attached hydrogens (tertiary/aromatic N) is 2. The molecular weight excluding hydrogens is 385 g/mol. The van der Waals surface area contributed by atoms with E-state index in [0.29, 0.717) is 24.5 Å². The van der Waals surface area contributed by atoms with Crippen LogP contribution in [-0.4, -0.2) is 34.8 Å². The maximum absolute atomic E-state index is 15.1. The number of rotatable bonds is 3. The Bertz CT molecular complexity index is 1100. The van der Waals surface area contributed by atoms with Crippen LogP contribution in [0.3, 0.4) is 0 Å². The minimum atomic E-state index is -1.32. The predicted octanol–water partition coefficient (Wildman–Crippen LogP) is 3.00. The normalized spacial score (nSPS) is 29.1. The molecule has 3 aliphatic rings. The Morgan fingerprint density at radius 1 is 1.43 bits per heavy atom. The SMILES string of the molecule is CC12CN(c3c(F)cc4c(=O)c(C(=O)O)cn(C5CC5)c4c3Cl)CC1CC2N. The van der Waals surface area contributed by atoms with Crippen molar-refractivity contribution in [3.8, 4) is 0 Å². The lowest BCUT2D eigenvalue weighted by atomic mass is 9.60. The molecule has 8 heteroatoms. The number of pyridine rings is 1. The Labute approximate surface area is 165 Å². The van der Waals surface area contributed by atoms with Gasteiger partial charge in [-0.15, -0.1) is 0 Å². The van der Waals surface area contributed by atoms with Gasteiger partial charge in [-0.2, -0.15) is 0 Å². The van der Waals surface area contributed by atoms with Crippen molar-refractivity contribution in [3.63, 3.8) is 0 Å². The number of anilines is 1. The van der Waals surface area contributed by atoms with E-state index in [1.54, 1.807) is 4.57 Å². The number of aromatic nitrogens is 1. The molecule has 2 aliphatic carbocycles. The van der Waals surface area contributed by atoms with Crippen LogP contribution in [0.1, 0.15) is 42.6 Å². The topological polar surface area (TPSA) is 88.6 Å². The fourth-order valence-corrected chi connectivity index (χ4v) is 5.35. The number of carboxylic acids is 1. The van der Waals surface area contributed by atoms with Crippen molar-refractivity contribution in [2.75, 3.05) is 18.0 Å². The van der Waals surface area contributed by atoms with Gasteiger partial charge in [0.1, 0.15) is 11.4 Å². The number of carboxylic acid groups (broad SMARTS) is 1. The highest BCUT2D eigenvalue weighted by atomic mass is 35.5. The van der Waals surface area contributed by atoms with Crippen molar-refractivity contribution in [2.45, 2.75) is 38.3 Å². The van der Waals surface area contributed by atoms with E-state index in [0.717, 1.165) is 25.3 Å². The summed E-state index contributed by atoms with van der Waals surface area (Å²) >= 11 is 6.69. The summed E-state index contributed by atoms with van der Waals surface area (Å²) in [6.07, 6.45) is 4.01. The third kappa shape index (κ3) is 2.29. The third-order valence-corrected chi connectivity index (χ3v) is 7.32. The van der Waals surface area contributed by atoms with Crippen LogP contribution in [0.2, 0.25) is 5.02 Å². The van der Waals surface area contributed by atoms with E-state index in [4.69, 9.17) is 17.3 Å². The summed E-state index contributed by atoms with van der Waals surface area (Å²) in [6, 6.07) is 1.32. The summed E-state index contributed by atoms with van der Waals surface area (Å²) in [7, 11) is 0. The zero-order valence-corrected chi connectivity index (χ0v) is 16.2. The van der Waals surface area contributed by atoms with E-state index in [1.807, 2.05) is 4.90 Å². The molecular formula is C20H21ClFN3O3. The molecule has 2 saturated carbocycles. The van der Waals surface area contributed by atoms with E-state index in [-0.39, 0.29) is 39.2 Å². The average molecular weight is 406 g/mol. The van der Waals surface area contributed by atoms with Crippen molar-refractivity contribution in [2.24, 2.45) is 17.1 Å². The van der Waals surface area contributed by atoms with Crippen LogP contribution in [0.5, 0.6) is 0 Å². The Balaban J connectivity index is 1.73. The molecule has 2 heterocycles. The number of nitrogens with two attached hydrogens (primary N) is 1. The van der Waals surface area contributed by atoms with E-state index in [1.165, 1.54) is 6.20 Å². The lowest BCUT2D eigenvalue weighted by molar-refractivity contribution is 0.0695. The largest absolute Gasteiger partial charge is 0.477 e. The lowest BCUT2D eigenvalue weighted by Gasteiger charge is -2.47. The molecule has 2 aromatic rings. The van der Waals surface area contributed by atoms with Gasteiger partial charge in [-0.25, -0.2) is 9.18 Å². The van der Waals surface area contributed by atoms with Crippen LogP contribution >= 0.6 is 11.6 Å². The number of hydrogen-bond donors (Lipinski definition) is 2. The highest BCUT2D eigenvalue weighted by Crippen LogP contribution is 2.53. The Morgan fingerprint density at radius 2 is 2.14 bits per heavy atom. The summed E-state index contributed by atoms with van der Waals surface area (Å²) in [6.45, 7) is 3.41. The van der Waals surface area contributed by atoms with Crippen molar-refractivity contribution >= 4 is 34.2 Å². The van der Waals surface area contributed by atoms with Crippen LogP contribution in [0.4, 0.5) is 10.1 Å². The number of carbonyl (C=O) groups is 1. The Hall–Kier alpha value is -2.12. The second kappa shape index (κ2) is 5.70. The fraction of sp³-hybridized carbons (Fsp3) is 0.500. The molecule has 3 atom stereocenters. The zero-order chi connectivity index (χ0) is 20.0. The first-order valence-electron chi connectivity index (χ1n) is 9.53. The van der Waals surface area contributed by atoms with Crippen LogP contribution in [0, 0.1) is 17.2 Å². The number of benzene rings is 1. The average Bonchev–Trinajstić information content (AvgIpc) is 3.43. The molecule has 1 saturated heterocycles. The fourth-order valence-electron chi connectivity index (χ4n) is 4.94. The second-order valence-electron chi connectivity index (χ2n) is 8.66. The van der Waals surface area contributed by atoms with Gasteiger partial charge in [0.25, 0.3) is 0 Å². The Kier molecular flexibility index (Phi) is 3.65. The van der Waals surface area contributed by atoms with Gasteiger partial charge in [-0.1, -0.05) is 18.5 Å². The minimum absolute atomic E-state index is 0.0168. The molecule has 148 valence electrons. The van der Waals surface area contributed by atoms with Gasteiger partial charge in [-0.3, -0.25) is 4.79 Å². The zero-order valence-electron chi connectivity index (χ0n) is 15.4. The van der Waals surface area contributed by atoms with Crippen LogP contribution in [0.25, 0.3) is 10.9 Å². The van der Waals surface area contributed by atoms with Crippen LogP contribution in [0.15, 0.2) is 17.1 Å². The van der Waals surface area contributed by atoms with Crippen molar-refractivity contribution in [1.82, 2.24) is 4.57 Å². The molecule has 0 bridgehead atoms. The van der Waals surface area contributed by atoms with E-state index in [9.17, 15) is 14.7 Å². The molecule has 1 aromatic carbocycles. The molecule has 0 amide bonds. The van der Waals surface area contributed by atoms with E-state index < -0.39 is 17.2 Å². The molecule has 0 radical (unpaired) electrons. The highest BCUT2D eigenvalue weighted by Gasteiger charge is 2.55. The second-order valence-corrected chi connectivity index (χ2v) is 9.04. The Morgan fingerprint density at radius 3 is 2.71 bits per heavy atom. The number of fused-ring (bicyclic) bond motifs is 2. The van der Waals surface area contributed by atoms with Crippen LogP contribution < -0.4 is 16.1 Å². The highest BCUT2D eigenvalue weighted by molar-refractivity contribution is 6.38. The van der Waals surface area contributed by atoms with E-state index in [2.05, 4.69) is 6.92 Å². The van der Waals surface area contributed by atoms with Gasteiger partial charge < -0.3 is 20.3 Å². The van der Waals surface area contributed by atoms with Gasteiger partial charge in [0.05, 0.1) is 21.6 Å². The maximum atomic E-state index is 15.1. The molecule has 0 spiro atoms. The standard InChI is InChI=1S/C20H21ClFN3O3/c1-20-8-24(6-9(20)4-14(20)23)17-13(22)5-11-16(15(17)21)25(10-2-3-10)7-12(18(11)26)19(27)28/h5,7,9-10,14H,2-4,6,8,23H2,1H3,(H,27,28). The molecule has 28 heavy (non-hydrogen) atoms. The summed E-state index contributed by atoms with van der Waals surface area (Å²) in [4.78, 5) is 26.1. The van der Waals surface area contributed by atoms with Crippen molar-refractivity contribution in [3.05, 3.63) is 38.9 Å². The quantitative estimate of drug-likeness (QED) is 0.819. The number of halogens is 2. The first kappa shape index (κ1) is 17.9. The maximum Gasteiger partial charge on any atom is 0.341 e. The number of aromatic carboxylic acids is 1. The monoisotopic (exact) mass is 405 g/mol. The van der Waals surface area contributed by atoms with Gasteiger partial charge in [0.2, 0.25) is 5.43 Å². The first-order valence-corrected chi connectivity index (χ1v) is 9.91. The van der Waals surface area contributed by atoms with Gasteiger partial charge >= 0.3 is 5.97 Å². The first-order chi connectivity index (χ1) is 13.2. The summed E-state index contributed by atoms with van der Waals surface area (Å²) in [5, 5.41) is 9.57. The molecule has 1 aliphatic heterocycles. The molecule has 3 fully saturated rings. The lowest BCUT2D eigenvalue weighted by Crippen LogP contribution is -2.55. The van der Waals surface area contributed by atoms with E-state index >= 15 is 4.39 Å². The molecule has 5 rings (SSSR count). The molecule has 6 nitrogen and oxygen atoms in total. The minimum Gasteiger partial charge on any atom is -0.477 e. The third-order valence-electron chi connectivity index (χ3n) is 6.96. The van der Waals surface area contributed by atoms with Crippen molar-refractivity contribution in [1.29, 1.82) is 0 Å². The van der Waals surface area contributed by atoms with Gasteiger partial charge in [-0.05, 0) is 31.2 Å². The summed E-state index contributed by atoms with van der Waals surface area (Å²) < 4.78 is 16.9. The summed E-state index contributed by atoms with van der Waals surface area (Å²) in [5.74, 6) is -1.52. The molecule has 1 aromatic heterocycles. The van der Waals surface area contributed by atoms with Crippen LogP contribution in [-0.2, 0) is 0 Å². The van der Waals surface area contributed by atoms with Crippen molar-refractivity contribution < 1.29 is 14.3 Å². The number of hydrogen-bond acceptors (Lipinski definition) is 4. The predicted molar refractivity (Wildman–Crippen MR) is 105 cm³/mol. The summed E-state index contributed by atoms with van der Waals surface area (Å²) in [5.41, 5.74) is 5.77. The molecule has 3 N–H and O–H groups in total. The smallest absolute Gasteiger partial charge is 0.341 e. The van der Waals surface area contributed by atoms with Gasteiger partial charge in [0, 0.05) is 36.8 Å². The van der Waals surface area contributed by atoms with Gasteiger partial charge in [0.15, 0.2) is 0 Å².